The smallest absolute Gasteiger partial charge is 0.363 e. The summed E-state index contributed by atoms with van der Waals surface area (Å²) < 4.78 is 42.2. The van der Waals surface area contributed by atoms with E-state index in [0.29, 0.717) is 0 Å². The average Bonchev–Trinajstić information content (AvgIpc) is 3.12. The molecule has 2 aliphatic rings. The van der Waals surface area contributed by atoms with Crippen LogP contribution in [0.5, 0.6) is 0 Å². The van der Waals surface area contributed by atoms with E-state index in [1.165, 1.54) is 6.07 Å². The van der Waals surface area contributed by atoms with Gasteiger partial charge in [0.1, 0.15) is 5.82 Å². The highest BCUT2D eigenvalue weighted by Crippen LogP contribution is 2.43. The van der Waals surface area contributed by atoms with E-state index in [2.05, 4.69) is 15.7 Å². The third kappa shape index (κ3) is 4.26. The Bertz CT molecular complexity index is 869. The van der Waals surface area contributed by atoms with Crippen LogP contribution in [0.4, 0.5) is 19.0 Å². The van der Waals surface area contributed by atoms with Crippen LogP contribution in [0.2, 0.25) is 0 Å². The number of alkyl halides is 3. The standard InChI is InChI=1S/C21H25F3N4O/c1-13-7-9-14(10-8-13)16-11-18(21(22,23)24)28-19(26-16)12-17(27-28)20(29)25-15-5-3-2-4-6-15/h7-10,12,15-16,18,26H,2-6,11H2,1H3,(H,25,29)/t16-,18+/m0/s1. The topological polar surface area (TPSA) is 59.0 Å². The number of fused-ring (bicyclic) bond motifs is 1. The van der Waals surface area contributed by atoms with Crippen molar-refractivity contribution in [3.63, 3.8) is 0 Å². The highest BCUT2D eigenvalue weighted by Gasteiger charge is 2.46. The monoisotopic (exact) mass is 406 g/mol. The van der Waals surface area contributed by atoms with E-state index >= 15 is 0 Å². The minimum absolute atomic E-state index is 0.0249. The van der Waals surface area contributed by atoms with Crippen LogP contribution in [-0.2, 0) is 0 Å². The first-order valence-electron chi connectivity index (χ1n) is 10.1. The fourth-order valence-electron chi connectivity index (χ4n) is 4.21. The highest BCUT2D eigenvalue weighted by molar-refractivity contribution is 5.93. The third-order valence-electron chi connectivity index (χ3n) is 5.84. The van der Waals surface area contributed by atoms with Gasteiger partial charge >= 0.3 is 6.18 Å². The van der Waals surface area contributed by atoms with E-state index < -0.39 is 24.2 Å². The Morgan fingerprint density at radius 3 is 2.52 bits per heavy atom. The number of nitrogens with one attached hydrogen (secondary N) is 2. The molecule has 0 unspecified atom stereocenters. The summed E-state index contributed by atoms with van der Waals surface area (Å²) in [6, 6.07) is 6.66. The highest BCUT2D eigenvalue weighted by atomic mass is 19.4. The van der Waals surface area contributed by atoms with Gasteiger partial charge in [0.05, 0.1) is 6.04 Å². The molecule has 4 rings (SSSR count). The summed E-state index contributed by atoms with van der Waals surface area (Å²) >= 11 is 0. The second kappa shape index (κ2) is 7.72. The van der Waals surface area contributed by atoms with Gasteiger partial charge in [-0.25, -0.2) is 4.68 Å². The predicted molar refractivity (Wildman–Crippen MR) is 104 cm³/mol. The fraction of sp³-hybridized carbons (Fsp3) is 0.524. The van der Waals surface area contributed by atoms with E-state index in [1.807, 2.05) is 31.2 Å². The van der Waals surface area contributed by atoms with E-state index in [1.54, 1.807) is 0 Å². The zero-order chi connectivity index (χ0) is 20.6. The van der Waals surface area contributed by atoms with Crippen LogP contribution in [0.1, 0.15) is 72.2 Å². The Kier molecular flexibility index (Phi) is 5.27. The number of halogens is 3. The molecule has 1 aliphatic heterocycles. The number of benzene rings is 1. The number of carbonyl (C=O) groups excluding carboxylic acids is 1. The lowest BCUT2D eigenvalue weighted by Gasteiger charge is -2.33. The Morgan fingerprint density at radius 2 is 1.86 bits per heavy atom. The van der Waals surface area contributed by atoms with E-state index in [9.17, 15) is 18.0 Å². The molecule has 0 bridgehead atoms. The normalized spacial score (nSPS) is 22.6. The molecule has 2 atom stereocenters. The van der Waals surface area contributed by atoms with Crippen molar-refractivity contribution >= 4 is 11.7 Å². The van der Waals surface area contributed by atoms with Crippen LogP contribution in [0.3, 0.4) is 0 Å². The van der Waals surface area contributed by atoms with Gasteiger partial charge in [0.25, 0.3) is 5.91 Å². The molecule has 0 saturated heterocycles. The maximum Gasteiger partial charge on any atom is 0.410 e. The van der Waals surface area contributed by atoms with Crippen LogP contribution in [0, 0.1) is 6.92 Å². The second-order valence-electron chi connectivity index (χ2n) is 8.07. The van der Waals surface area contributed by atoms with Gasteiger partial charge in [-0.1, -0.05) is 49.1 Å². The first-order chi connectivity index (χ1) is 13.8. The minimum atomic E-state index is -4.46. The van der Waals surface area contributed by atoms with Gasteiger partial charge in [-0.15, -0.1) is 0 Å². The number of carbonyl (C=O) groups is 1. The quantitative estimate of drug-likeness (QED) is 0.761. The number of anilines is 1. The van der Waals surface area contributed by atoms with Crippen molar-refractivity contribution in [2.24, 2.45) is 0 Å². The molecule has 1 aliphatic carbocycles. The molecule has 1 aromatic carbocycles. The van der Waals surface area contributed by atoms with Crippen molar-refractivity contribution in [2.45, 2.75) is 69.8 Å². The number of aromatic nitrogens is 2. The Labute approximate surface area is 167 Å². The van der Waals surface area contributed by atoms with Crippen LogP contribution in [-0.4, -0.2) is 27.9 Å². The summed E-state index contributed by atoms with van der Waals surface area (Å²) in [5, 5.41) is 10.1. The minimum Gasteiger partial charge on any atom is -0.363 e. The Hall–Kier alpha value is -2.51. The van der Waals surface area contributed by atoms with Gasteiger partial charge < -0.3 is 10.6 Å². The first-order valence-corrected chi connectivity index (χ1v) is 10.1. The van der Waals surface area contributed by atoms with Crippen LogP contribution in [0.25, 0.3) is 0 Å². The van der Waals surface area contributed by atoms with Gasteiger partial charge in [0, 0.05) is 18.5 Å². The molecule has 0 spiro atoms. The number of hydrogen-bond donors (Lipinski definition) is 2. The summed E-state index contributed by atoms with van der Waals surface area (Å²) in [5.41, 5.74) is 1.85. The molecule has 156 valence electrons. The summed E-state index contributed by atoms with van der Waals surface area (Å²) in [6.07, 6.45) is 0.439. The van der Waals surface area contributed by atoms with Crippen molar-refractivity contribution in [1.82, 2.24) is 15.1 Å². The summed E-state index contributed by atoms with van der Waals surface area (Å²) in [7, 11) is 0. The van der Waals surface area contributed by atoms with Crippen LogP contribution < -0.4 is 10.6 Å². The SMILES string of the molecule is Cc1ccc([C@@H]2C[C@H](C(F)(F)F)n3nc(C(=O)NC4CCCCC4)cc3N2)cc1. The van der Waals surface area contributed by atoms with E-state index in [4.69, 9.17) is 0 Å². The van der Waals surface area contributed by atoms with Crippen LogP contribution >= 0.6 is 0 Å². The molecule has 0 radical (unpaired) electrons. The second-order valence-corrected chi connectivity index (χ2v) is 8.07. The fourth-order valence-corrected chi connectivity index (χ4v) is 4.21. The molecule has 1 saturated carbocycles. The largest absolute Gasteiger partial charge is 0.410 e. The molecule has 1 amide bonds. The number of amides is 1. The predicted octanol–water partition coefficient (Wildman–Crippen LogP) is 4.91. The molecular formula is C21H25F3N4O. The average molecular weight is 406 g/mol. The van der Waals surface area contributed by atoms with Gasteiger partial charge in [-0.3, -0.25) is 4.79 Å². The maximum absolute atomic E-state index is 13.8. The van der Waals surface area contributed by atoms with Crippen molar-refractivity contribution in [3.05, 3.63) is 47.2 Å². The molecule has 1 aromatic heterocycles. The lowest BCUT2D eigenvalue weighted by Crippen LogP contribution is -2.37. The molecule has 1 fully saturated rings. The summed E-state index contributed by atoms with van der Waals surface area (Å²) in [5.74, 6) is -0.189. The molecule has 2 N–H and O–H groups in total. The number of rotatable bonds is 3. The van der Waals surface area contributed by atoms with E-state index in [-0.39, 0.29) is 24.0 Å². The molecule has 2 heterocycles. The van der Waals surface area contributed by atoms with Crippen molar-refractivity contribution < 1.29 is 18.0 Å². The lowest BCUT2D eigenvalue weighted by atomic mass is 9.95. The van der Waals surface area contributed by atoms with Crippen LogP contribution in [0.15, 0.2) is 30.3 Å². The first kappa shape index (κ1) is 19.8. The molecular weight excluding hydrogens is 381 g/mol. The van der Waals surface area contributed by atoms with Gasteiger partial charge in [0.2, 0.25) is 0 Å². The maximum atomic E-state index is 13.8. The molecule has 5 nitrogen and oxygen atoms in total. The van der Waals surface area contributed by atoms with Crippen molar-refractivity contribution in [1.29, 1.82) is 0 Å². The lowest BCUT2D eigenvalue weighted by molar-refractivity contribution is -0.173. The summed E-state index contributed by atoms with van der Waals surface area (Å²) in [6.45, 7) is 1.93. The number of aryl methyl sites for hydroxylation is 1. The van der Waals surface area contributed by atoms with Gasteiger partial charge in [-0.2, -0.15) is 18.3 Å². The molecule has 8 heteroatoms. The Morgan fingerprint density at radius 1 is 1.17 bits per heavy atom. The zero-order valence-electron chi connectivity index (χ0n) is 16.3. The van der Waals surface area contributed by atoms with Gasteiger partial charge in [0.15, 0.2) is 11.7 Å². The number of nitrogens with zero attached hydrogens (tertiary/aromatic N) is 2. The Balaban J connectivity index is 1.59. The van der Waals surface area contributed by atoms with E-state index in [0.717, 1.165) is 47.9 Å². The molecule has 29 heavy (non-hydrogen) atoms. The zero-order valence-corrected chi connectivity index (χ0v) is 16.3. The third-order valence-corrected chi connectivity index (χ3v) is 5.84. The number of hydrogen-bond acceptors (Lipinski definition) is 3. The molecule has 2 aromatic rings. The van der Waals surface area contributed by atoms with Crippen molar-refractivity contribution in [3.8, 4) is 0 Å². The van der Waals surface area contributed by atoms with Crippen molar-refractivity contribution in [2.75, 3.05) is 5.32 Å². The summed E-state index contributed by atoms with van der Waals surface area (Å²) in [4.78, 5) is 12.6. The van der Waals surface area contributed by atoms with Gasteiger partial charge in [-0.05, 0) is 25.3 Å².